The number of carbonyl (C=O) groups is 1. The maximum absolute atomic E-state index is 11.8. The van der Waals surface area contributed by atoms with Crippen LogP contribution in [-0.2, 0) is 4.79 Å². The Bertz CT molecular complexity index is 956. The van der Waals surface area contributed by atoms with Gasteiger partial charge >= 0.3 is 0 Å². The summed E-state index contributed by atoms with van der Waals surface area (Å²) < 4.78 is 10.6. The Hall–Kier alpha value is -3.28. The van der Waals surface area contributed by atoms with Crippen molar-refractivity contribution in [2.24, 2.45) is 0 Å². The van der Waals surface area contributed by atoms with Gasteiger partial charge in [0, 0.05) is 24.1 Å². The monoisotopic (exact) mass is 352 g/mol. The Morgan fingerprint density at radius 2 is 1.88 bits per heavy atom. The molecule has 0 unspecified atom stereocenters. The molecule has 0 aliphatic heterocycles. The number of pyridine rings is 1. The van der Waals surface area contributed by atoms with E-state index in [0.29, 0.717) is 22.6 Å². The number of aromatic nitrogens is 1. The number of phenols is 1. The van der Waals surface area contributed by atoms with E-state index >= 15 is 0 Å². The minimum atomic E-state index is -0.557. The molecule has 2 aromatic carbocycles. The largest absolute Gasteiger partial charge is 0.505 e. The number of hydrogen-bond donors (Lipinski definition) is 2. The van der Waals surface area contributed by atoms with Gasteiger partial charge in [0.2, 0.25) is 5.91 Å². The van der Waals surface area contributed by atoms with Crippen molar-refractivity contribution in [1.82, 2.24) is 10.3 Å². The highest BCUT2D eigenvalue weighted by Crippen LogP contribution is 2.37. The van der Waals surface area contributed by atoms with Crippen molar-refractivity contribution >= 4 is 16.8 Å². The molecule has 1 amide bonds. The van der Waals surface area contributed by atoms with Crippen LogP contribution in [0.4, 0.5) is 0 Å². The number of rotatable bonds is 5. The number of methoxy groups -OCH3 is 2. The summed E-state index contributed by atoms with van der Waals surface area (Å²) in [5.41, 5.74) is 1.79. The lowest BCUT2D eigenvalue weighted by atomic mass is 9.96. The molecule has 1 aromatic heterocycles. The first-order valence-corrected chi connectivity index (χ1v) is 8.10. The molecule has 0 aliphatic carbocycles. The third kappa shape index (κ3) is 3.26. The Balaban J connectivity index is 2.15. The number of amides is 1. The van der Waals surface area contributed by atoms with Gasteiger partial charge in [0.15, 0.2) is 11.5 Å². The van der Waals surface area contributed by atoms with Crippen LogP contribution in [0.1, 0.15) is 24.1 Å². The van der Waals surface area contributed by atoms with Crippen LogP contribution in [0.3, 0.4) is 0 Å². The summed E-state index contributed by atoms with van der Waals surface area (Å²) in [6.45, 7) is 1.43. The van der Waals surface area contributed by atoms with E-state index in [1.807, 2.05) is 18.2 Å². The molecule has 2 N–H and O–H groups in total. The van der Waals surface area contributed by atoms with Crippen molar-refractivity contribution in [1.29, 1.82) is 0 Å². The smallest absolute Gasteiger partial charge is 0.217 e. The molecule has 0 saturated heterocycles. The summed E-state index contributed by atoms with van der Waals surface area (Å²) in [5.74, 6) is 0.947. The number of nitrogens with zero attached hydrogens (tertiary/aromatic N) is 1. The molecule has 3 rings (SSSR count). The number of hydrogen-bond acceptors (Lipinski definition) is 5. The number of ether oxygens (including phenoxy) is 2. The standard InChI is InChI=1S/C20H20N2O4/c1-12(23)22-18(14-7-9-16(25-2)17(11-14)26-3)15-8-6-13-5-4-10-21-19(13)20(15)24/h4-11,18,24H,1-3H3,(H,22,23)/t18-/m1/s1. The molecule has 0 aliphatic rings. The van der Waals surface area contributed by atoms with Gasteiger partial charge in [0.05, 0.1) is 20.3 Å². The van der Waals surface area contributed by atoms with Crippen LogP contribution in [0.2, 0.25) is 0 Å². The minimum absolute atomic E-state index is 0.0386. The van der Waals surface area contributed by atoms with Crippen molar-refractivity contribution in [3.63, 3.8) is 0 Å². The molecule has 0 saturated carbocycles. The fourth-order valence-corrected chi connectivity index (χ4v) is 2.95. The molecule has 6 heteroatoms. The molecule has 0 bridgehead atoms. The number of benzene rings is 2. The molecule has 0 fully saturated rings. The van der Waals surface area contributed by atoms with E-state index in [-0.39, 0.29) is 11.7 Å². The predicted octanol–water partition coefficient (Wildman–Crippen LogP) is 3.18. The Morgan fingerprint density at radius 1 is 1.12 bits per heavy atom. The zero-order valence-electron chi connectivity index (χ0n) is 14.8. The van der Waals surface area contributed by atoms with E-state index in [1.165, 1.54) is 6.92 Å². The van der Waals surface area contributed by atoms with E-state index < -0.39 is 6.04 Å². The van der Waals surface area contributed by atoms with E-state index in [0.717, 1.165) is 10.9 Å². The number of aromatic hydroxyl groups is 1. The zero-order valence-corrected chi connectivity index (χ0v) is 14.8. The first-order chi connectivity index (χ1) is 12.5. The molecule has 1 atom stereocenters. The molecule has 3 aromatic rings. The van der Waals surface area contributed by atoms with E-state index in [4.69, 9.17) is 9.47 Å². The second-order valence-corrected chi connectivity index (χ2v) is 5.83. The number of nitrogens with one attached hydrogen (secondary N) is 1. The quantitative estimate of drug-likeness (QED) is 0.737. The summed E-state index contributed by atoms with van der Waals surface area (Å²) in [7, 11) is 3.11. The van der Waals surface area contributed by atoms with Crippen LogP contribution in [-0.4, -0.2) is 30.2 Å². The molecule has 134 valence electrons. The first-order valence-electron chi connectivity index (χ1n) is 8.10. The molecule has 0 spiro atoms. The molecule has 0 radical (unpaired) electrons. The van der Waals surface area contributed by atoms with Gasteiger partial charge in [-0.25, -0.2) is 0 Å². The van der Waals surface area contributed by atoms with Crippen LogP contribution in [0.5, 0.6) is 17.2 Å². The zero-order chi connectivity index (χ0) is 18.7. The lowest BCUT2D eigenvalue weighted by Crippen LogP contribution is -2.27. The molecular weight excluding hydrogens is 332 g/mol. The number of fused-ring (bicyclic) bond motifs is 1. The normalized spacial score (nSPS) is 11.8. The van der Waals surface area contributed by atoms with Crippen molar-refractivity contribution in [3.8, 4) is 17.2 Å². The van der Waals surface area contributed by atoms with Gasteiger partial charge in [-0.1, -0.05) is 24.3 Å². The van der Waals surface area contributed by atoms with Crippen LogP contribution in [0.15, 0.2) is 48.7 Å². The lowest BCUT2D eigenvalue weighted by molar-refractivity contribution is -0.119. The highest BCUT2D eigenvalue weighted by Gasteiger charge is 2.22. The molecule has 6 nitrogen and oxygen atoms in total. The van der Waals surface area contributed by atoms with Crippen molar-refractivity contribution in [2.45, 2.75) is 13.0 Å². The fourth-order valence-electron chi connectivity index (χ4n) is 2.95. The van der Waals surface area contributed by atoms with Crippen LogP contribution in [0, 0.1) is 0 Å². The summed E-state index contributed by atoms with van der Waals surface area (Å²) in [6, 6.07) is 12.1. The third-order valence-corrected chi connectivity index (χ3v) is 4.18. The highest BCUT2D eigenvalue weighted by molar-refractivity contribution is 5.86. The van der Waals surface area contributed by atoms with Crippen molar-refractivity contribution in [3.05, 3.63) is 59.8 Å². The number of carbonyl (C=O) groups excluding carboxylic acids is 1. The van der Waals surface area contributed by atoms with Gasteiger partial charge in [0.25, 0.3) is 0 Å². The SMILES string of the molecule is COc1ccc([C@@H](NC(C)=O)c2ccc3cccnc3c2O)cc1OC. The van der Waals surface area contributed by atoms with Crippen LogP contribution in [0.25, 0.3) is 10.9 Å². The summed E-state index contributed by atoms with van der Waals surface area (Å²) in [5, 5.41) is 14.5. The van der Waals surface area contributed by atoms with E-state index in [9.17, 15) is 9.90 Å². The molecule has 1 heterocycles. The average Bonchev–Trinajstić information content (AvgIpc) is 2.66. The molecule has 26 heavy (non-hydrogen) atoms. The second kappa shape index (κ2) is 7.31. The van der Waals surface area contributed by atoms with Crippen LogP contribution < -0.4 is 14.8 Å². The van der Waals surface area contributed by atoms with E-state index in [2.05, 4.69) is 10.3 Å². The van der Waals surface area contributed by atoms with E-state index in [1.54, 1.807) is 44.7 Å². The second-order valence-electron chi connectivity index (χ2n) is 5.83. The highest BCUT2D eigenvalue weighted by atomic mass is 16.5. The Kier molecular flexibility index (Phi) is 4.93. The van der Waals surface area contributed by atoms with Gasteiger partial charge < -0.3 is 19.9 Å². The van der Waals surface area contributed by atoms with Gasteiger partial charge in [-0.15, -0.1) is 0 Å². The van der Waals surface area contributed by atoms with Gasteiger partial charge in [-0.3, -0.25) is 9.78 Å². The van der Waals surface area contributed by atoms with Gasteiger partial charge in [-0.05, 0) is 23.8 Å². The van der Waals surface area contributed by atoms with Crippen LogP contribution >= 0.6 is 0 Å². The third-order valence-electron chi connectivity index (χ3n) is 4.18. The summed E-state index contributed by atoms with van der Waals surface area (Å²) in [4.78, 5) is 16.0. The Labute approximate surface area is 151 Å². The predicted molar refractivity (Wildman–Crippen MR) is 98.6 cm³/mol. The van der Waals surface area contributed by atoms with Gasteiger partial charge in [-0.2, -0.15) is 0 Å². The van der Waals surface area contributed by atoms with Crippen molar-refractivity contribution in [2.75, 3.05) is 14.2 Å². The maximum atomic E-state index is 11.8. The maximum Gasteiger partial charge on any atom is 0.217 e. The number of phenolic OH excluding ortho intramolecular Hbond substituents is 1. The minimum Gasteiger partial charge on any atom is -0.505 e. The summed E-state index contributed by atoms with van der Waals surface area (Å²) >= 11 is 0. The first kappa shape index (κ1) is 17.5. The Morgan fingerprint density at radius 3 is 2.58 bits per heavy atom. The van der Waals surface area contributed by atoms with Gasteiger partial charge in [0.1, 0.15) is 11.3 Å². The lowest BCUT2D eigenvalue weighted by Gasteiger charge is -2.21. The molecular formula is C20H20N2O4. The topological polar surface area (TPSA) is 80.7 Å². The fraction of sp³-hybridized carbons (Fsp3) is 0.200. The summed E-state index contributed by atoms with van der Waals surface area (Å²) in [6.07, 6.45) is 1.62. The average molecular weight is 352 g/mol. The van der Waals surface area contributed by atoms with Crippen molar-refractivity contribution < 1.29 is 19.4 Å².